The first kappa shape index (κ1) is 10.7. The number of rotatable bonds is 0. The summed E-state index contributed by atoms with van der Waals surface area (Å²) >= 11 is 0. The number of hydrogen-bond acceptors (Lipinski definition) is 2. The molecule has 1 aliphatic rings. The Labute approximate surface area is 83.4 Å². The van der Waals surface area contributed by atoms with Crippen LogP contribution in [0.1, 0.15) is 13.8 Å². The molecule has 0 bridgehead atoms. The van der Waals surface area contributed by atoms with E-state index in [9.17, 15) is 0 Å². The highest BCUT2D eigenvalue weighted by molar-refractivity contribution is 14.0. The van der Waals surface area contributed by atoms with Gasteiger partial charge in [0.1, 0.15) is 0 Å². The van der Waals surface area contributed by atoms with Crippen molar-refractivity contribution in [2.24, 2.45) is 16.3 Å². The van der Waals surface area contributed by atoms with Gasteiger partial charge in [-0.2, -0.15) is 5.10 Å². The fourth-order valence-corrected chi connectivity index (χ4v) is 0.841. The zero-order chi connectivity index (χ0) is 7.78. The Morgan fingerprint density at radius 2 is 2.27 bits per heavy atom. The molecule has 0 amide bonds. The average Bonchev–Trinajstić information content (AvgIpc) is 2.10. The van der Waals surface area contributed by atoms with Gasteiger partial charge in [0.05, 0.1) is 6.54 Å². The lowest BCUT2D eigenvalue weighted by Gasteiger charge is -2.16. The SMILES string of the molecule is CC1(C)C=NN(C(=N)N)C1.I. The Bertz CT molecular complexity index is 187. The van der Waals surface area contributed by atoms with Crippen molar-refractivity contribution in [2.75, 3.05) is 6.54 Å². The van der Waals surface area contributed by atoms with Gasteiger partial charge in [0.2, 0.25) is 5.96 Å². The van der Waals surface area contributed by atoms with E-state index in [2.05, 4.69) is 18.9 Å². The second-order valence-corrected chi connectivity index (χ2v) is 3.18. The van der Waals surface area contributed by atoms with E-state index < -0.39 is 0 Å². The summed E-state index contributed by atoms with van der Waals surface area (Å²) in [5, 5.41) is 12.5. The van der Waals surface area contributed by atoms with Crippen LogP contribution in [0, 0.1) is 10.8 Å². The van der Waals surface area contributed by atoms with E-state index in [1.165, 1.54) is 5.01 Å². The van der Waals surface area contributed by atoms with Gasteiger partial charge < -0.3 is 5.73 Å². The number of nitrogens with two attached hydrogens (primary N) is 1. The van der Waals surface area contributed by atoms with Crippen molar-refractivity contribution in [2.45, 2.75) is 13.8 Å². The fraction of sp³-hybridized carbons (Fsp3) is 0.667. The fourth-order valence-electron chi connectivity index (χ4n) is 0.841. The van der Waals surface area contributed by atoms with Crippen LogP contribution in [0.2, 0.25) is 0 Å². The van der Waals surface area contributed by atoms with Gasteiger partial charge in [-0.15, -0.1) is 24.0 Å². The summed E-state index contributed by atoms with van der Waals surface area (Å²) in [6.07, 6.45) is 1.81. The molecule has 0 saturated heterocycles. The van der Waals surface area contributed by atoms with Crippen LogP contribution in [0.15, 0.2) is 5.10 Å². The van der Waals surface area contributed by atoms with Gasteiger partial charge in [0.15, 0.2) is 0 Å². The highest BCUT2D eigenvalue weighted by atomic mass is 127. The molecular weight excluding hydrogens is 255 g/mol. The summed E-state index contributed by atoms with van der Waals surface area (Å²) in [5.41, 5.74) is 5.28. The molecule has 0 aromatic rings. The van der Waals surface area contributed by atoms with E-state index in [-0.39, 0.29) is 35.4 Å². The number of nitrogens with zero attached hydrogens (tertiary/aromatic N) is 2. The summed E-state index contributed by atoms with van der Waals surface area (Å²) in [4.78, 5) is 0. The van der Waals surface area contributed by atoms with Crippen LogP contribution in [-0.4, -0.2) is 23.7 Å². The van der Waals surface area contributed by atoms with Crippen molar-refractivity contribution < 1.29 is 0 Å². The first-order valence-corrected chi connectivity index (χ1v) is 3.18. The Kier molecular flexibility index (Phi) is 3.28. The molecule has 0 spiro atoms. The molecule has 0 aromatic carbocycles. The summed E-state index contributed by atoms with van der Waals surface area (Å²) < 4.78 is 0. The van der Waals surface area contributed by atoms with Crippen molar-refractivity contribution in [1.82, 2.24) is 5.01 Å². The minimum atomic E-state index is 0. The van der Waals surface area contributed by atoms with Gasteiger partial charge in [-0.3, -0.25) is 5.41 Å². The predicted octanol–water partition coefficient (Wildman–Crippen LogP) is 0.825. The van der Waals surface area contributed by atoms with E-state index >= 15 is 0 Å². The predicted molar refractivity (Wildman–Crippen MR) is 56.3 cm³/mol. The maximum atomic E-state index is 7.06. The van der Waals surface area contributed by atoms with Gasteiger partial charge in [-0.25, -0.2) is 5.01 Å². The van der Waals surface area contributed by atoms with Crippen LogP contribution in [-0.2, 0) is 0 Å². The molecule has 0 aliphatic carbocycles. The van der Waals surface area contributed by atoms with E-state index in [1.807, 2.05) is 6.21 Å². The van der Waals surface area contributed by atoms with Gasteiger partial charge in [0, 0.05) is 11.6 Å². The molecule has 11 heavy (non-hydrogen) atoms. The summed E-state index contributed by atoms with van der Waals surface area (Å²) in [6, 6.07) is 0. The lowest BCUT2D eigenvalue weighted by Crippen LogP contribution is -2.34. The van der Waals surface area contributed by atoms with Crippen LogP contribution in [0.25, 0.3) is 0 Å². The first-order valence-electron chi connectivity index (χ1n) is 3.18. The molecule has 0 fully saturated rings. The summed E-state index contributed by atoms with van der Waals surface area (Å²) in [7, 11) is 0. The molecule has 64 valence electrons. The molecule has 1 aliphatic heterocycles. The molecule has 1 heterocycles. The van der Waals surface area contributed by atoms with Crippen molar-refractivity contribution in [3.8, 4) is 0 Å². The van der Waals surface area contributed by atoms with Crippen molar-refractivity contribution in [3.63, 3.8) is 0 Å². The van der Waals surface area contributed by atoms with E-state index in [0.717, 1.165) is 0 Å². The minimum absolute atomic E-state index is 0. The van der Waals surface area contributed by atoms with Crippen molar-refractivity contribution >= 4 is 36.2 Å². The number of guanidine groups is 1. The molecule has 3 N–H and O–H groups in total. The largest absolute Gasteiger partial charge is 0.369 e. The molecule has 0 radical (unpaired) electrons. The van der Waals surface area contributed by atoms with Crippen LogP contribution in [0.4, 0.5) is 0 Å². The third-order valence-corrected chi connectivity index (χ3v) is 1.38. The topological polar surface area (TPSA) is 65.5 Å². The maximum absolute atomic E-state index is 7.06. The maximum Gasteiger partial charge on any atom is 0.209 e. The Hall–Kier alpha value is -0.330. The molecule has 0 aromatic heterocycles. The highest BCUT2D eigenvalue weighted by Gasteiger charge is 2.25. The highest BCUT2D eigenvalue weighted by Crippen LogP contribution is 2.19. The molecule has 4 nitrogen and oxygen atoms in total. The Balaban J connectivity index is 0.000001000. The van der Waals surface area contributed by atoms with E-state index in [4.69, 9.17) is 11.1 Å². The first-order chi connectivity index (χ1) is 4.51. The van der Waals surface area contributed by atoms with Gasteiger partial charge in [-0.05, 0) is 0 Å². The standard InChI is InChI=1S/C6H12N4.HI/c1-6(2)3-9-10(4-6)5(7)8;/h3H,4H2,1-2H3,(H3,7,8);1H. The van der Waals surface area contributed by atoms with Crippen molar-refractivity contribution in [3.05, 3.63) is 0 Å². The third kappa shape index (κ3) is 2.64. The lowest BCUT2D eigenvalue weighted by atomic mass is 9.97. The number of halogens is 1. The summed E-state index contributed by atoms with van der Waals surface area (Å²) in [5.74, 6) is 0.0156. The smallest absolute Gasteiger partial charge is 0.209 e. The number of nitrogens with one attached hydrogen (secondary N) is 1. The molecule has 0 atom stereocenters. The van der Waals surface area contributed by atoms with Crippen LogP contribution in [0.3, 0.4) is 0 Å². The van der Waals surface area contributed by atoms with Gasteiger partial charge in [0.25, 0.3) is 0 Å². The normalized spacial score (nSPS) is 19.6. The van der Waals surface area contributed by atoms with Gasteiger partial charge >= 0.3 is 0 Å². The Morgan fingerprint density at radius 1 is 1.73 bits per heavy atom. The molecular formula is C6H13IN4. The van der Waals surface area contributed by atoms with Crippen LogP contribution < -0.4 is 5.73 Å². The average molecular weight is 268 g/mol. The van der Waals surface area contributed by atoms with Crippen molar-refractivity contribution in [1.29, 1.82) is 5.41 Å². The zero-order valence-electron chi connectivity index (χ0n) is 6.66. The molecule has 0 unspecified atom stereocenters. The van der Waals surface area contributed by atoms with E-state index in [1.54, 1.807) is 0 Å². The van der Waals surface area contributed by atoms with E-state index in [0.29, 0.717) is 6.54 Å². The number of hydrogen-bond donors (Lipinski definition) is 2. The van der Waals surface area contributed by atoms with Gasteiger partial charge in [-0.1, -0.05) is 13.8 Å². The lowest BCUT2D eigenvalue weighted by molar-refractivity contribution is 0.381. The number of hydrazone groups is 1. The second-order valence-electron chi connectivity index (χ2n) is 3.18. The third-order valence-electron chi connectivity index (χ3n) is 1.38. The minimum Gasteiger partial charge on any atom is -0.369 e. The second kappa shape index (κ2) is 3.38. The molecule has 5 heteroatoms. The molecule has 1 rings (SSSR count). The van der Waals surface area contributed by atoms with Crippen LogP contribution >= 0.6 is 24.0 Å². The van der Waals surface area contributed by atoms with Crippen LogP contribution in [0.5, 0.6) is 0 Å². The Morgan fingerprint density at radius 3 is 2.45 bits per heavy atom. The zero-order valence-corrected chi connectivity index (χ0v) is 8.99. The monoisotopic (exact) mass is 268 g/mol. The quantitative estimate of drug-likeness (QED) is 0.388. The molecule has 0 saturated carbocycles. The summed E-state index contributed by atoms with van der Waals surface area (Å²) in [6.45, 7) is 4.82.